The standard InChI is InChI=1S/C15H24N2O/c1-10-8-12(15(3,4)5)6-7-13(10)17-14(18)11(2)9-16/h6-8,11H,9,16H2,1-5H3,(H,17,18). The first-order chi connectivity index (χ1) is 8.25. The Morgan fingerprint density at radius 2 is 2.00 bits per heavy atom. The van der Waals surface area contributed by atoms with Gasteiger partial charge in [0, 0.05) is 18.2 Å². The normalized spacial score (nSPS) is 13.2. The zero-order valence-corrected chi connectivity index (χ0v) is 12.0. The number of hydrogen-bond donors (Lipinski definition) is 2. The van der Waals surface area contributed by atoms with Crippen molar-refractivity contribution in [1.29, 1.82) is 0 Å². The largest absolute Gasteiger partial charge is 0.330 e. The molecule has 1 atom stereocenters. The number of rotatable bonds is 3. The minimum Gasteiger partial charge on any atom is -0.330 e. The lowest BCUT2D eigenvalue weighted by Gasteiger charge is -2.21. The Bertz CT molecular complexity index is 433. The molecule has 0 spiro atoms. The second-order valence-corrected chi connectivity index (χ2v) is 5.91. The van der Waals surface area contributed by atoms with Crippen molar-refractivity contribution in [2.75, 3.05) is 11.9 Å². The van der Waals surface area contributed by atoms with E-state index in [1.54, 1.807) is 0 Å². The monoisotopic (exact) mass is 248 g/mol. The van der Waals surface area contributed by atoms with Crippen LogP contribution >= 0.6 is 0 Å². The molecule has 0 fully saturated rings. The van der Waals surface area contributed by atoms with Crippen LogP contribution in [0.15, 0.2) is 18.2 Å². The molecule has 0 aromatic heterocycles. The van der Waals surface area contributed by atoms with E-state index < -0.39 is 0 Å². The minimum absolute atomic E-state index is 0.0240. The molecule has 0 radical (unpaired) electrons. The third kappa shape index (κ3) is 3.57. The zero-order chi connectivity index (χ0) is 13.9. The first-order valence-electron chi connectivity index (χ1n) is 6.37. The van der Waals surface area contributed by atoms with Crippen molar-refractivity contribution < 1.29 is 4.79 Å². The Morgan fingerprint density at radius 3 is 2.44 bits per heavy atom. The summed E-state index contributed by atoms with van der Waals surface area (Å²) in [5.41, 5.74) is 8.83. The van der Waals surface area contributed by atoms with E-state index in [4.69, 9.17) is 5.73 Å². The number of carbonyl (C=O) groups is 1. The fourth-order valence-corrected chi connectivity index (χ4v) is 1.63. The Kier molecular flexibility index (Phi) is 4.52. The van der Waals surface area contributed by atoms with Crippen molar-refractivity contribution in [2.45, 2.75) is 40.0 Å². The predicted molar refractivity (Wildman–Crippen MR) is 76.7 cm³/mol. The summed E-state index contributed by atoms with van der Waals surface area (Å²) >= 11 is 0. The van der Waals surface area contributed by atoms with Gasteiger partial charge in [-0.15, -0.1) is 0 Å². The molecule has 0 aliphatic heterocycles. The highest BCUT2D eigenvalue weighted by Gasteiger charge is 2.16. The first kappa shape index (κ1) is 14.7. The van der Waals surface area contributed by atoms with Crippen LogP contribution < -0.4 is 11.1 Å². The van der Waals surface area contributed by atoms with E-state index in [1.165, 1.54) is 5.56 Å². The van der Waals surface area contributed by atoms with E-state index in [0.29, 0.717) is 6.54 Å². The molecule has 3 N–H and O–H groups in total. The molecule has 1 aromatic carbocycles. The fourth-order valence-electron chi connectivity index (χ4n) is 1.63. The molecule has 1 aromatic rings. The number of aryl methyl sites for hydroxylation is 1. The highest BCUT2D eigenvalue weighted by Crippen LogP contribution is 2.26. The topological polar surface area (TPSA) is 55.1 Å². The maximum Gasteiger partial charge on any atom is 0.228 e. The van der Waals surface area contributed by atoms with Crippen LogP contribution in [0, 0.1) is 12.8 Å². The van der Waals surface area contributed by atoms with Gasteiger partial charge in [0.05, 0.1) is 0 Å². The highest BCUT2D eigenvalue weighted by molar-refractivity contribution is 5.93. The van der Waals surface area contributed by atoms with Gasteiger partial charge in [0.1, 0.15) is 0 Å². The number of hydrogen-bond acceptors (Lipinski definition) is 2. The van der Waals surface area contributed by atoms with E-state index in [0.717, 1.165) is 11.3 Å². The van der Waals surface area contributed by atoms with Gasteiger partial charge in [-0.3, -0.25) is 4.79 Å². The maximum absolute atomic E-state index is 11.8. The van der Waals surface area contributed by atoms with Crippen molar-refractivity contribution in [3.05, 3.63) is 29.3 Å². The lowest BCUT2D eigenvalue weighted by atomic mass is 9.86. The summed E-state index contributed by atoms with van der Waals surface area (Å²) in [6.07, 6.45) is 0. The van der Waals surface area contributed by atoms with Gasteiger partial charge in [0.25, 0.3) is 0 Å². The predicted octanol–water partition coefficient (Wildman–Crippen LogP) is 2.83. The Labute approximate surface area is 110 Å². The average molecular weight is 248 g/mol. The molecule has 0 saturated carbocycles. The number of nitrogens with one attached hydrogen (secondary N) is 1. The Balaban J connectivity index is 2.90. The van der Waals surface area contributed by atoms with Crippen LogP contribution in [0.3, 0.4) is 0 Å². The summed E-state index contributed by atoms with van der Waals surface area (Å²) in [6.45, 7) is 10.7. The van der Waals surface area contributed by atoms with Gasteiger partial charge in [-0.05, 0) is 29.5 Å². The summed E-state index contributed by atoms with van der Waals surface area (Å²) in [7, 11) is 0. The average Bonchev–Trinajstić information content (AvgIpc) is 2.29. The van der Waals surface area contributed by atoms with Crippen molar-refractivity contribution in [1.82, 2.24) is 0 Å². The molecule has 1 rings (SSSR count). The molecule has 0 saturated heterocycles. The van der Waals surface area contributed by atoms with Crippen LogP contribution in [0.25, 0.3) is 0 Å². The number of amides is 1. The van der Waals surface area contributed by atoms with Gasteiger partial charge in [0.15, 0.2) is 0 Å². The fraction of sp³-hybridized carbons (Fsp3) is 0.533. The highest BCUT2D eigenvalue weighted by atomic mass is 16.1. The Hall–Kier alpha value is -1.35. The minimum atomic E-state index is -0.160. The molecule has 0 bridgehead atoms. The quantitative estimate of drug-likeness (QED) is 0.864. The van der Waals surface area contributed by atoms with Gasteiger partial charge in [-0.2, -0.15) is 0 Å². The van der Waals surface area contributed by atoms with Crippen LogP contribution in [0.4, 0.5) is 5.69 Å². The van der Waals surface area contributed by atoms with Gasteiger partial charge in [-0.1, -0.05) is 39.8 Å². The molecular formula is C15H24N2O. The summed E-state index contributed by atoms with van der Waals surface area (Å²) in [5.74, 6) is -0.184. The summed E-state index contributed by atoms with van der Waals surface area (Å²) in [4.78, 5) is 11.8. The van der Waals surface area contributed by atoms with E-state index in [-0.39, 0.29) is 17.2 Å². The molecule has 1 amide bonds. The van der Waals surface area contributed by atoms with Gasteiger partial charge in [0.2, 0.25) is 5.91 Å². The second kappa shape index (κ2) is 5.53. The zero-order valence-electron chi connectivity index (χ0n) is 12.0. The van der Waals surface area contributed by atoms with Crippen molar-refractivity contribution in [2.24, 2.45) is 11.7 Å². The van der Waals surface area contributed by atoms with Crippen LogP contribution in [-0.4, -0.2) is 12.5 Å². The van der Waals surface area contributed by atoms with E-state index in [1.807, 2.05) is 19.9 Å². The summed E-state index contributed by atoms with van der Waals surface area (Å²) in [5, 5.41) is 2.92. The maximum atomic E-state index is 11.8. The third-order valence-corrected chi connectivity index (χ3v) is 3.15. The molecule has 100 valence electrons. The van der Waals surface area contributed by atoms with Crippen LogP contribution in [-0.2, 0) is 10.2 Å². The molecule has 1 unspecified atom stereocenters. The van der Waals surface area contributed by atoms with Gasteiger partial charge in [-0.25, -0.2) is 0 Å². The van der Waals surface area contributed by atoms with E-state index in [9.17, 15) is 4.79 Å². The molecular weight excluding hydrogens is 224 g/mol. The lowest BCUT2D eigenvalue weighted by molar-refractivity contribution is -0.119. The smallest absolute Gasteiger partial charge is 0.228 e. The molecule has 3 nitrogen and oxygen atoms in total. The molecule has 3 heteroatoms. The first-order valence-corrected chi connectivity index (χ1v) is 6.37. The number of nitrogens with two attached hydrogens (primary N) is 1. The lowest BCUT2D eigenvalue weighted by Crippen LogP contribution is -2.27. The SMILES string of the molecule is Cc1cc(C(C)(C)C)ccc1NC(=O)C(C)CN. The summed E-state index contributed by atoms with van der Waals surface area (Å²) < 4.78 is 0. The number of carbonyl (C=O) groups excluding carboxylic acids is 1. The molecule has 0 aliphatic carbocycles. The van der Waals surface area contributed by atoms with Crippen molar-refractivity contribution >= 4 is 11.6 Å². The third-order valence-electron chi connectivity index (χ3n) is 3.15. The second-order valence-electron chi connectivity index (χ2n) is 5.91. The van der Waals surface area contributed by atoms with Crippen LogP contribution in [0.2, 0.25) is 0 Å². The molecule has 0 heterocycles. The summed E-state index contributed by atoms with van der Waals surface area (Å²) in [6, 6.07) is 6.16. The Morgan fingerprint density at radius 1 is 1.39 bits per heavy atom. The van der Waals surface area contributed by atoms with E-state index in [2.05, 4.69) is 38.2 Å². The van der Waals surface area contributed by atoms with Crippen molar-refractivity contribution in [3.63, 3.8) is 0 Å². The van der Waals surface area contributed by atoms with Crippen LogP contribution in [0.5, 0.6) is 0 Å². The van der Waals surface area contributed by atoms with E-state index >= 15 is 0 Å². The van der Waals surface area contributed by atoms with Crippen LogP contribution in [0.1, 0.15) is 38.8 Å². The van der Waals surface area contributed by atoms with Gasteiger partial charge < -0.3 is 11.1 Å². The number of benzene rings is 1. The molecule has 0 aliphatic rings. The van der Waals surface area contributed by atoms with Gasteiger partial charge >= 0.3 is 0 Å². The molecule has 18 heavy (non-hydrogen) atoms. The van der Waals surface area contributed by atoms with Crippen molar-refractivity contribution in [3.8, 4) is 0 Å². The number of anilines is 1.